The molecule has 0 saturated carbocycles. The van der Waals surface area contributed by atoms with Crippen LogP contribution in [0, 0.1) is 0 Å². The summed E-state index contributed by atoms with van der Waals surface area (Å²) in [5.74, 6) is 0. The Labute approximate surface area is 133 Å². The van der Waals surface area contributed by atoms with Crippen molar-refractivity contribution in [1.29, 1.82) is 0 Å². The van der Waals surface area contributed by atoms with Crippen molar-refractivity contribution < 1.29 is 9.53 Å². The van der Waals surface area contributed by atoms with Crippen molar-refractivity contribution in [2.24, 2.45) is 0 Å². The third kappa shape index (κ3) is 5.04. The van der Waals surface area contributed by atoms with Gasteiger partial charge in [-0.1, -0.05) is 41.9 Å². The van der Waals surface area contributed by atoms with Gasteiger partial charge < -0.3 is 15.4 Å². The maximum Gasteiger partial charge on any atom is 0.315 e. The standard InChI is InChI=1S/C15H17ClN2O2S/c1-20-12(13-7-8-14(16)21-13)10-18-15(19)17-9-11-5-3-2-4-6-11/h2-8,12H,9-10H2,1H3,(H2,17,18,19). The summed E-state index contributed by atoms with van der Waals surface area (Å²) < 4.78 is 6.08. The fraction of sp³-hybridized carbons (Fsp3) is 0.267. The minimum absolute atomic E-state index is 0.190. The van der Waals surface area contributed by atoms with E-state index in [1.165, 1.54) is 11.3 Å². The molecule has 4 nitrogen and oxygen atoms in total. The highest BCUT2D eigenvalue weighted by atomic mass is 35.5. The Hall–Kier alpha value is -1.56. The normalized spacial score (nSPS) is 11.9. The van der Waals surface area contributed by atoms with Crippen molar-refractivity contribution in [2.45, 2.75) is 12.6 Å². The zero-order chi connectivity index (χ0) is 15.1. The largest absolute Gasteiger partial charge is 0.374 e. The van der Waals surface area contributed by atoms with E-state index in [9.17, 15) is 4.79 Å². The van der Waals surface area contributed by atoms with Gasteiger partial charge in [0.05, 0.1) is 10.9 Å². The molecule has 1 unspecified atom stereocenters. The van der Waals surface area contributed by atoms with Crippen LogP contribution in [0.1, 0.15) is 16.5 Å². The van der Waals surface area contributed by atoms with Crippen molar-refractivity contribution in [3.05, 3.63) is 57.2 Å². The monoisotopic (exact) mass is 324 g/mol. The Morgan fingerprint density at radius 1 is 1.24 bits per heavy atom. The summed E-state index contributed by atoms with van der Waals surface area (Å²) in [7, 11) is 1.61. The first-order valence-electron chi connectivity index (χ1n) is 6.52. The fourth-order valence-electron chi connectivity index (χ4n) is 1.83. The molecule has 1 atom stereocenters. The molecular formula is C15H17ClN2O2S. The number of rotatable bonds is 6. The Balaban J connectivity index is 1.77. The summed E-state index contributed by atoms with van der Waals surface area (Å²) in [5, 5.41) is 5.61. The maximum atomic E-state index is 11.8. The number of carbonyl (C=O) groups excluding carboxylic acids is 1. The average molecular weight is 325 g/mol. The maximum absolute atomic E-state index is 11.8. The molecule has 21 heavy (non-hydrogen) atoms. The molecule has 0 aliphatic carbocycles. The molecule has 0 radical (unpaired) electrons. The summed E-state index contributed by atoms with van der Waals surface area (Å²) in [6.07, 6.45) is -0.190. The van der Waals surface area contributed by atoms with E-state index in [0.29, 0.717) is 17.4 Å². The molecule has 0 fully saturated rings. The van der Waals surface area contributed by atoms with E-state index in [2.05, 4.69) is 10.6 Å². The molecule has 2 amide bonds. The average Bonchev–Trinajstić information content (AvgIpc) is 2.93. The molecule has 0 saturated heterocycles. The molecule has 0 bridgehead atoms. The zero-order valence-corrected chi connectivity index (χ0v) is 13.2. The lowest BCUT2D eigenvalue weighted by Gasteiger charge is -2.15. The van der Waals surface area contributed by atoms with Gasteiger partial charge in [0.25, 0.3) is 0 Å². The predicted molar refractivity (Wildman–Crippen MR) is 85.8 cm³/mol. The SMILES string of the molecule is COC(CNC(=O)NCc1ccccc1)c1ccc(Cl)s1. The highest BCUT2D eigenvalue weighted by Crippen LogP contribution is 2.28. The number of carbonyl (C=O) groups is 1. The van der Waals surface area contributed by atoms with Crippen LogP contribution < -0.4 is 10.6 Å². The number of ether oxygens (including phenoxy) is 1. The summed E-state index contributed by atoms with van der Waals surface area (Å²) in [6.45, 7) is 0.892. The van der Waals surface area contributed by atoms with Crippen LogP contribution in [0.2, 0.25) is 4.34 Å². The van der Waals surface area contributed by atoms with Gasteiger partial charge in [-0.05, 0) is 17.7 Å². The Morgan fingerprint density at radius 2 is 2.00 bits per heavy atom. The van der Waals surface area contributed by atoms with Gasteiger partial charge in [0.1, 0.15) is 6.10 Å². The number of thiophene rings is 1. The van der Waals surface area contributed by atoms with E-state index in [0.717, 1.165) is 10.4 Å². The number of halogens is 1. The number of amides is 2. The first-order valence-corrected chi connectivity index (χ1v) is 7.72. The molecule has 2 N–H and O–H groups in total. The minimum Gasteiger partial charge on any atom is -0.374 e. The third-order valence-electron chi connectivity index (χ3n) is 2.94. The number of nitrogens with one attached hydrogen (secondary N) is 2. The molecule has 112 valence electrons. The van der Waals surface area contributed by atoms with Crippen molar-refractivity contribution in [3.8, 4) is 0 Å². The van der Waals surface area contributed by atoms with Crippen LogP contribution in [0.3, 0.4) is 0 Å². The van der Waals surface area contributed by atoms with E-state index in [1.807, 2.05) is 42.5 Å². The van der Waals surface area contributed by atoms with Crippen LogP contribution in [0.25, 0.3) is 0 Å². The molecular weight excluding hydrogens is 308 g/mol. The highest BCUT2D eigenvalue weighted by Gasteiger charge is 2.14. The van der Waals surface area contributed by atoms with Crippen LogP contribution >= 0.6 is 22.9 Å². The van der Waals surface area contributed by atoms with Crippen LogP contribution in [0.15, 0.2) is 42.5 Å². The van der Waals surface area contributed by atoms with Gasteiger partial charge in [0.15, 0.2) is 0 Å². The van der Waals surface area contributed by atoms with Gasteiger partial charge in [-0.25, -0.2) is 4.79 Å². The zero-order valence-electron chi connectivity index (χ0n) is 11.6. The van der Waals surface area contributed by atoms with E-state index in [4.69, 9.17) is 16.3 Å². The van der Waals surface area contributed by atoms with E-state index in [1.54, 1.807) is 7.11 Å². The van der Waals surface area contributed by atoms with Crippen LogP contribution in [-0.2, 0) is 11.3 Å². The molecule has 0 aliphatic heterocycles. The van der Waals surface area contributed by atoms with Crippen molar-refractivity contribution in [3.63, 3.8) is 0 Å². The molecule has 2 aromatic rings. The van der Waals surface area contributed by atoms with Crippen molar-refractivity contribution in [2.75, 3.05) is 13.7 Å². The Bertz CT molecular complexity index is 574. The van der Waals surface area contributed by atoms with Gasteiger partial charge in [0.2, 0.25) is 0 Å². The van der Waals surface area contributed by atoms with Gasteiger partial charge >= 0.3 is 6.03 Å². The summed E-state index contributed by atoms with van der Waals surface area (Å²) in [6, 6.07) is 13.3. The first kappa shape index (κ1) is 15.8. The number of benzene rings is 1. The second kappa shape index (κ2) is 8.02. The number of hydrogen-bond acceptors (Lipinski definition) is 3. The lowest BCUT2D eigenvalue weighted by atomic mass is 10.2. The molecule has 0 spiro atoms. The van der Waals surface area contributed by atoms with E-state index < -0.39 is 0 Å². The summed E-state index contributed by atoms with van der Waals surface area (Å²) in [5.41, 5.74) is 1.06. The first-order chi connectivity index (χ1) is 10.2. The highest BCUT2D eigenvalue weighted by molar-refractivity contribution is 7.16. The van der Waals surface area contributed by atoms with Crippen molar-refractivity contribution >= 4 is 29.0 Å². The quantitative estimate of drug-likeness (QED) is 0.853. The van der Waals surface area contributed by atoms with Crippen LogP contribution in [-0.4, -0.2) is 19.7 Å². The van der Waals surface area contributed by atoms with Crippen LogP contribution in [0.4, 0.5) is 4.79 Å². The smallest absolute Gasteiger partial charge is 0.315 e. The third-order valence-corrected chi connectivity index (χ3v) is 4.26. The van der Waals surface area contributed by atoms with Gasteiger partial charge in [-0.2, -0.15) is 0 Å². The second-order valence-electron chi connectivity index (χ2n) is 4.42. The fourth-order valence-corrected chi connectivity index (χ4v) is 2.97. The summed E-state index contributed by atoms with van der Waals surface area (Å²) in [4.78, 5) is 12.8. The molecule has 1 aromatic heterocycles. The molecule has 0 aliphatic rings. The lowest BCUT2D eigenvalue weighted by molar-refractivity contribution is 0.107. The van der Waals surface area contributed by atoms with Gasteiger partial charge in [0, 0.05) is 18.5 Å². The molecule has 1 heterocycles. The Kier molecular flexibility index (Phi) is 6.04. The topological polar surface area (TPSA) is 50.4 Å². The van der Waals surface area contributed by atoms with Gasteiger partial charge in [-0.15, -0.1) is 11.3 Å². The lowest BCUT2D eigenvalue weighted by Crippen LogP contribution is -2.37. The minimum atomic E-state index is -0.219. The van der Waals surface area contributed by atoms with E-state index >= 15 is 0 Å². The summed E-state index contributed by atoms with van der Waals surface area (Å²) >= 11 is 7.36. The van der Waals surface area contributed by atoms with Gasteiger partial charge in [-0.3, -0.25) is 0 Å². The number of urea groups is 1. The number of methoxy groups -OCH3 is 1. The van der Waals surface area contributed by atoms with E-state index in [-0.39, 0.29) is 12.1 Å². The molecule has 2 rings (SSSR count). The van der Waals surface area contributed by atoms with Crippen molar-refractivity contribution in [1.82, 2.24) is 10.6 Å². The molecule has 6 heteroatoms. The molecule has 1 aromatic carbocycles. The second-order valence-corrected chi connectivity index (χ2v) is 6.16. The van der Waals surface area contributed by atoms with Crippen LogP contribution in [0.5, 0.6) is 0 Å². The Morgan fingerprint density at radius 3 is 2.62 bits per heavy atom. The number of hydrogen-bond donors (Lipinski definition) is 2. The predicted octanol–water partition coefficient (Wildman–Crippen LogP) is 3.59.